The highest BCUT2D eigenvalue weighted by molar-refractivity contribution is 9.10. The van der Waals surface area contributed by atoms with Crippen molar-refractivity contribution < 1.29 is 0 Å². The standard InChI is InChI=1S/C14H21BrN2/c1-2-17(10-11-4-3-5-11)14-8-13(15)7-6-12(14)9-16/h6-8,11H,2-5,9-10,16H2,1H3. The Kier molecular flexibility index (Phi) is 4.46. The van der Waals surface area contributed by atoms with E-state index in [4.69, 9.17) is 5.73 Å². The summed E-state index contributed by atoms with van der Waals surface area (Å²) in [6, 6.07) is 6.40. The molecule has 0 aromatic heterocycles. The van der Waals surface area contributed by atoms with Gasteiger partial charge in [0, 0.05) is 29.8 Å². The van der Waals surface area contributed by atoms with Gasteiger partial charge in [-0.3, -0.25) is 0 Å². The largest absolute Gasteiger partial charge is 0.371 e. The molecule has 1 saturated carbocycles. The molecule has 2 N–H and O–H groups in total. The molecule has 0 spiro atoms. The van der Waals surface area contributed by atoms with E-state index in [0.29, 0.717) is 6.54 Å². The lowest BCUT2D eigenvalue weighted by molar-refractivity contribution is 0.318. The predicted octanol–water partition coefficient (Wildman–Crippen LogP) is 3.53. The van der Waals surface area contributed by atoms with E-state index in [0.717, 1.165) is 16.9 Å². The first-order valence-corrected chi connectivity index (χ1v) is 7.27. The van der Waals surface area contributed by atoms with Gasteiger partial charge < -0.3 is 10.6 Å². The Morgan fingerprint density at radius 2 is 2.18 bits per heavy atom. The number of hydrogen-bond acceptors (Lipinski definition) is 2. The van der Waals surface area contributed by atoms with Gasteiger partial charge >= 0.3 is 0 Å². The van der Waals surface area contributed by atoms with Crippen molar-refractivity contribution in [2.45, 2.75) is 32.7 Å². The number of halogens is 1. The Balaban J connectivity index is 2.18. The molecule has 2 rings (SSSR count). The van der Waals surface area contributed by atoms with E-state index in [2.05, 4.69) is 46.0 Å². The van der Waals surface area contributed by atoms with Crippen molar-refractivity contribution in [2.24, 2.45) is 11.7 Å². The summed E-state index contributed by atoms with van der Waals surface area (Å²) in [6.07, 6.45) is 4.19. The topological polar surface area (TPSA) is 29.3 Å². The summed E-state index contributed by atoms with van der Waals surface area (Å²) in [5.74, 6) is 0.888. The maximum atomic E-state index is 5.83. The fraction of sp³-hybridized carbons (Fsp3) is 0.571. The van der Waals surface area contributed by atoms with Crippen molar-refractivity contribution in [1.29, 1.82) is 0 Å². The molecule has 3 heteroatoms. The van der Waals surface area contributed by atoms with E-state index < -0.39 is 0 Å². The second kappa shape index (κ2) is 5.87. The molecule has 1 fully saturated rings. The summed E-state index contributed by atoms with van der Waals surface area (Å²) >= 11 is 3.55. The quantitative estimate of drug-likeness (QED) is 0.901. The summed E-state index contributed by atoms with van der Waals surface area (Å²) < 4.78 is 1.14. The van der Waals surface area contributed by atoms with E-state index in [1.807, 2.05) is 0 Å². The van der Waals surface area contributed by atoms with Gasteiger partial charge in [0.25, 0.3) is 0 Å². The first kappa shape index (κ1) is 12.9. The normalized spacial score (nSPS) is 15.7. The molecule has 2 nitrogen and oxygen atoms in total. The average molecular weight is 297 g/mol. The highest BCUT2D eigenvalue weighted by Gasteiger charge is 2.21. The molecule has 0 atom stereocenters. The third-order valence-corrected chi connectivity index (χ3v) is 4.19. The Labute approximate surface area is 112 Å². The molecule has 0 saturated heterocycles. The fourth-order valence-corrected chi connectivity index (χ4v) is 2.74. The Hall–Kier alpha value is -0.540. The van der Waals surface area contributed by atoms with Gasteiger partial charge in [-0.05, 0) is 43.4 Å². The molecule has 0 amide bonds. The third-order valence-electron chi connectivity index (χ3n) is 3.69. The summed E-state index contributed by atoms with van der Waals surface area (Å²) in [5, 5.41) is 0. The Morgan fingerprint density at radius 3 is 2.71 bits per heavy atom. The molecule has 94 valence electrons. The van der Waals surface area contributed by atoms with E-state index >= 15 is 0 Å². The second-order valence-corrected chi connectivity index (χ2v) is 5.73. The fourth-order valence-electron chi connectivity index (χ4n) is 2.39. The van der Waals surface area contributed by atoms with Crippen LogP contribution in [0.3, 0.4) is 0 Å². The van der Waals surface area contributed by atoms with Crippen LogP contribution in [0.15, 0.2) is 22.7 Å². The SMILES string of the molecule is CCN(CC1CCC1)c1cc(Br)ccc1CN. The smallest absolute Gasteiger partial charge is 0.0423 e. The molecular weight excluding hydrogens is 276 g/mol. The van der Waals surface area contributed by atoms with E-state index in [1.165, 1.54) is 37.1 Å². The van der Waals surface area contributed by atoms with Gasteiger partial charge in [0.05, 0.1) is 0 Å². The van der Waals surface area contributed by atoms with Crippen molar-refractivity contribution in [3.05, 3.63) is 28.2 Å². The highest BCUT2D eigenvalue weighted by Crippen LogP contribution is 2.31. The van der Waals surface area contributed by atoms with Crippen LogP contribution in [0.5, 0.6) is 0 Å². The van der Waals surface area contributed by atoms with Crippen LogP contribution in [-0.2, 0) is 6.54 Å². The molecule has 0 aliphatic heterocycles. The predicted molar refractivity (Wildman–Crippen MR) is 77.3 cm³/mol. The maximum Gasteiger partial charge on any atom is 0.0423 e. The van der Waals surface area contributed by atoms with Gasteiger partial charge in [-0.15, -0.1) is 0 Å². The number of rotatable bonds is 5. The van der Waals surface area contributed by atoms with Crippen LogP contribution in [0.1, 0.15) is 31.7 Å². The first-order valence-electron chi connectivity index (χ1n) is 6.48. The summed E-state index contributed by atoms with van der Waals surface area (Å²) in [5.41, 5.74) is 8.38. The molecule has 1 aromatic carbocycles. The minimum atomic E-state index is 0.615. The highest BCUT2D eigenvalue weighted by atomic mass is 79.9. The zero-order valence-electron chi connectivity index (χ0n) is 10.5. The van der Waals surface area contributed by atoms with Crippen molar-refractivity contribution in [1.82, 2.24) is 0 Å². The minimum Gasteiger partial charge on any atom is -0.371 e. The molecule has 0 unspecified atom stereocenters. The number of nitrogens with zero attached hydrogens (tertiary/aromatic N) is 1. The molecular formula is C14H21BrN2. The van der Waals surface area contributed by atoms with E-state index in [9.17, 15) is 0 Å². The van der Waals surface area contributed by atoms with Crippen molar-refractivity contribution >= 4 is 21.6 Å². The average Bonchev–Trinajstić information content (AvgIpc) is 2.28. The van der Waals surface area contributed by atoms with Crippen LogP contribution in [0.25, 0.3) is 0 Å². The Morgan fingerprint density at radius 1 is 1.41 bits per heavy atom. The van der Waals surface area contributed by atoms with Gasteiger partial charge in [-0.25, -0.2) is 0 Å². The van der Waals surface area contributed by atoms with Crippen LogP contribution in [-0.4, -0.2) is 13.1 Å². The van der Waals surface area contributed by atoms with Gasteiger partial charge in [0.2, 0.25) is 0 Å². The van der Waals surface area contributed by atoms with Crippen molar-refractivity contribution in [3.63, 3.8) is 0 Å². The Bertz CT molecular complexity index is 374. The van der Waals surface area contributed by atoms with E-state index in [-0.39, 0.29) is 0 Å². The first-order chi connectivity index (χ1) is 8.24. The maximum absolute atomic E-state index is 5.83. The molecule has 17 heavy (non-hydrogen) atoms. The lowest BCUT2D eigenvalue weighted by Crippen LogP contribution is -2.33. The summed E-state index contributed by atoms with van der Waals surface area (Å²) in [7, 11) is 0. The minimum absolute atomic E-state index is 0.615. The van der Waals surface area contributed by atoms with Gasteiger partial charge in [-0.1, -0.05) is 28.4 Å². The molecule has 1 aliphatic rings. The lowest BCUT2D eigenvalue weighted by Gasteiger charge is -2.34. The van der Waals surface area contributed by atoms with Gasteiger partial charge in [0.15, 0.2) is 0 Å². The number of benzene rings is 1. The lowest BCUT2D eigenvalue weighted by atomic mass is 9.85. The van der Waals surface area contributed by atoms with Crippen LogP contribution in [0, 0.1) is 5.92 Å². The molecule has 1 aromatic rings. The zero-order chi connectivity index (χ0) is 12.3. The van der Waals surface area contributed by atoms with Crippen LogP contribution in [0.4, 0.5) is 5.69 Å². The molecule has 0 radical (unpaired) electrons. The number of anilines is 1. The van der Waals surface area contributed by atoms with Crippen molar-refractivity contribution in [3.8, 4) is 0 Å². The second-order valence-electron chi connectivity index (χ2n) is 4.81. The van der Waals surface area contributed by atoms with Gasteiger partial charge in [-0.2, -0.15) is 0 Å². The summed E-state index contributed by atoms with van der Waals surface area (Å²) in [4.78, 5) is 2.47. The van der Waals surface area contributed by atoms with Crippen molar-refractivity contribution in [2.75, 3.05) is 18.0 Å². The van der Waals surface area contributed by atoms with E-state index in [1.54, 1.807) is 0 Å². The zero-order valence-corrected chi connectivity index (χ0v) is 12.0. The molecule has 1 aliphatic carbocycles. The van der Waals surface area contributed by atoms with Crippen LogP contribution >= 0.6 is 15.9 Å². The summed E-state index contributed by atoms with van der Waals surface area (Å²) in [6.45, 7) is 5.07. The number of hydrogen-bond donors (Lipinski definition) is 1. The molecule has 0 heterocycles. The molecule has 0 bridgehead atoms. The monoisotopic (exact) mass is 296 g/mol. The van der Waals surface area contributed by atoms with Gasteiger partial charge in [0.1, 0.15) is 0 Å². The van der Waals surface area contributed by atoms with Crippen LogP contribution in [0.2, 0.25) is 0 Å². The van der Waals surface area contributed by atoms with Crippen LogP contribution < -0.4 is 10.6 Å². The third kappa shape index (κ3) is 3.02. The number of nitrogens with two attached hydrogens (primary N) is 1.